The fraction of sp³-hybridized carbons (Fsp3) is 0.250. The molecule has 9 nitrogen and oxygen atoms in total. The van der Waals surface area contributed by atoms with E-state index in [0.29, 0.717) is 30.3 Å². The standard InChI is InChI=1S/C28H25F3N8O/c1-16-11-22(34-26(12-16)35-25-13-18(7-9-32-25)28(29,30)31)24-15-39(37-36-24)17(2)27(40)38-10-8-20-19-5-3-4-6-21(19)33-23(20)14-38/h3-7,9,11-13,15,17,33H,8,10,14H2,1-2H3,(H,32,34,35). The molecule has 6 rings (SSSR count). The third-order valence-electron chi connectivity index (χ3n) is 7.03. The number of hydrogen-bond acceptors (Lipinski definition) is 6. The quantitative estimate of drug-likeness (QED) is 0.305. The van der Waals surface area contributed by atoms with Crippen molar-refractivity contribution in [3.63, 3.8) is 0 Å². The van der Waals surface area contributed by atoms with E-state index in [2.05, 4.69) is 36.6 Å². The summed E-state index contributed by atoms with van der Waals surface area (Å²) in [6, 6.07) is 12.9. The molecule has 204 valence electrons. The monoisotopic (exact) mass is 546 g/mol. The molecule has 4 aromatic heterocycles. The van der Waals surface area contributed by atoms with Gasteiger partial charge in [0.25, 0.3) is 0 Å². The number of rotatable bonds is 5. The maximum absolute atomic E-state index is 13.4. The first-order valence-corrected chi connectivity index (χ1v) is 12.7. The minimum Gasteiger partial charge on any atom is -0.357 e. The largest absolute Gasteiger partial charge is 0.416 e. The summed E-state index contributed by atoms with van der Waals surface area (Å²) in [7, 11) is 0. The van der Waals surface area contributed by atoms with Gasteiger partial charge >= 0.3 is 6.18 Å². The fourth-order valence-corrected chi connectivity index (χ4v) is 5.01. The molecule has 1 unspecified atom stereocenters. The van der Waals surface area contributed by atoms with Gasteiger partial charge in [0, 0.05) is 29.3 Å². The number of anilines is 2. The van der Waals surface area contributed by atoms with Crippen LogP contribution in [0.3, 0.4) is 0 Å². The number of para-hydroxylation sites is 1. The van der Waals surface area contributed by atoms with Crippen molar-refractivity contribution in [2.24, 2.45) is 0 Å². The molecule has 5 aromatic rings. The van der Waals surface area contributed by atoms with Gasteiger partial charge in [-0.3, -0.25) is 4.79 Å². The van der Waals surface area contributed by atoms with Crippen LogP contribution in [0.4, 0.5) is 24.8 Å². The minimum atomic E-state index is -4.48. The van der Waals surface area contributed by atoms with Crippen molar-refractivity contribution >= 4 is 28.4 Å². The van der Waals surface area contributed by atoms with Crippen LogP contribution in [-0.2, 0) is 23.9 Å². The van der Waals surface area contributed by atoms with Crippen LogP contribution in [-0.4, -0.2) is 47.3 Å². The molecular weight excluding hydrogens is 521 g/mol. The Morgan fingerprint density at radius 2 is 1.93 bits per heavy atom. The average Bonchev–Trinajstić information content (AvgIpc) is 3.57. The number of amides is 1. The van der Waals surface area contributed by atoms with Crippen molar-refractivity contribution in [3.8, 4) is 11.4 Å². The molecule has 0 bridgehead atoms. The number of alkyl halides is 3. The summed E-state index contributed by atoms with van der Waals surface area (Å²) in [6.07, 6.45) is -0.977. The van der Waals surface area contributed by atoms with Crippen molar-refractivity contribution in [1.82, 2.24) is 34.8 Å². The fourth-order valence-electron chi connectivity index (χ4n) is 5.01. The number of aromatic amines is 1. The number of nitrogens with one attached hydrogen (secondary N) is 2. The van der Waals surface area contributed by atoms with Gasteiger partial charge in [0.1, 0.15) is 23.4 Å². The van der Waals surface area contributed by atoms with Gasteiger partial charge in [-0.15, -0.1) is 5.10 Å². The number of carbonyl (C=O) groups excluding carboxylic acids is 1. The van der Waals surface area contributed by atoms with Gasteiger partial charge in [0.2, 0.25) is 5.91 Å². The van der Waals surface area contributed by atoms with E-state index < -0.39 is 17.8 Å². The first-order valence-electron chi connectivity index (χ1n) is 12.7. The zero-order valence-electron chi connectivity index (χ0n) is 21.7. The minimum absolute atomic E-state index is 0.0152. The average molecular weight is 547 g/mol. The van der Waals surface area contributed by atoms with Crippen LogP contribution in [0, 0.1) is 6.92 Å². The normalized spacial score (nSPS) is 14.3. The summed E-state index contributed by atoms with van der Waals surface area (Å²) in [6.45, 7) is 4.71. The molecule has 0 fully saturated rings. The van der Waals surface area contributed by atoms with Crippen LogP contribution >= 0.6 is 0 Å². The number of fused-ring (bicyclic) bond motifs is 3. The maximum Gasteiger partial charge on any atom is 0.416 e. The molecule has 2 N–H and O–H groups in total. The number of halogens is 3. The lowest BCUT2D eigenvalue weighted by molar-refractivity contribution is -0.137. The summed E-state index contributed by atoms with van der Waals surface area (Å²) < 4.78 is 40.8. The molecule has 40 heavy (non-hydrogen) atoms. The van der Waals surface area contributed by atoms with E-state index in [4.69, 9.17) is 0 Å². The zero-order valence-corrected chi connectivity index (χ0v) is 21.7. The van der Waals surface area contributed by atoms with Crippen molar-refractivity contribution in [1.29, 1.82) is 0 Å². The number of nitrogens with zero attached hydrogens (tertiary/aromatic N) is 6. The van der Waals surface area contributed by atoms with Crippen molar-refractivity contribution in [3.05, 3.63) is 83.3 Å². The SMILES string of the molecule is Cc1cc(Nc2cc(C(F)(F)F)ccn2)nc(-c2cn(C(C)C(=O)N3CCc4c([nH]c5ccccc45)C3)nn2)c1. The van der Waals surface area contributed by atoms with Gasteiger partial charge < -0.3 is 15.2 Å². The molecule has 0 aliphatic carbocycles. The molecule has 0 saturated carbocycles. The molecule has 0 radical (unpaired) electrons. The number of pyridine rings is 2. The first-order chi connectivity index (χ1) is 19.2. The lowest BCUT2D eigenvalue weighted by Gasteiger charge is -2.29. The summed E-state index contributed by atoms with van der Waals surface area (Å²) in [4.78, 5) is 27.1. The Hall–Kier alpha value is -4.74. The molecular formula is C28H25F3N8O. The van der Waals surface area contributed by atoms with E-state index in [1.807, 2.05) is 30.0 Å². The van der Waals surface area contributed by atoms with Gasteiger partial charge in [0.15, 0.2) is 0 Å². The second kappa shape index (κ2) is 9.78. The molecule has 1 atom stereocenters. The molecule has 12 heteroatoms. The third-order valence-corrected chi connectivity index (χ3v) is 7.03. The second-order valence-corrected chi connectivity index (χ2v) is 9.86. The molecule has 5 heterocycles. The summed E-state index contributed by atoms with van der Waals surface area (Å²) >= 11 is 0. The molecule has 1 aromatic carbocycles. The maximum atomic E-state index is 13.4. The number of benzene rings is 1. The van der Waals surface area contributed by atoms with E-state index in [1.165, 1.54) is 15.6 Å². The molecule has 1 aliphatic heterocycles. The number of H-pyrrole nitrogens is 1. The van der Waals surface area contributed by atoms with Crippen LogP contribution in [0.1, 0.15) is 35.3 Å². The number of aryl methyl sites for hydroxylation is 1. The van der Waals surface area contributed by atoms with E-state index in [-0.39, 0.29) is 11.7 Å². The molecule has 0 spiro atoms. The van der Waals surface area contributed by atoms with Gasteiger partial charge in [0.05, 0.1) is 24.0 Å². The Balaban J connectivity index is 1.19. The first kappa shape index (κ1) is 25.5. The lowest BCUT2D eigenvalue weighted by Crippen LogP contribution is -2.39. The van der Waals surface area contributed by atoms with Gasteiger partial charge in [-0.05, 0) is 61.7 Å². The highest BCUT2D eigenvalue weighted by Crippen LogP contribution is 2.31. The van der Waals surface area contributed by atoms with Crippen molar-refractivity contribution in [2.75, 3.05) is 11.9 Å². The van der Waals surface area contributed by atoms with Crippen LogP contribution in [0.25, 0.3) is 22.3 Å². The summed E-state index contributed by atoms with van der Waals surface area (Å²) in [5.74, 6) is 0.250. The van der Waals surface area contributed by atoms with Crippen LogP contribution in [0.2, 0.25) is 0 Å². The number of carbonyl (C=O) groups is 1. The zero-order chi connectivity index (χ0) is 28.0. The van der Waals surface area contributed by atoms with Gasteiger partial charge in [-0.25, -0.2) is 14.6 Å². The predicted octanol–water partition coefficient (Wildman–Crippen LogP) is 5.43. The summed E-state index contributed by atoms with van der Waals surface area (Å²) in [5.41, 5.74) is 4.26. The highest BCUT2D eigenvalue weighted by atomic mass is 19.4. The van der Waals surface area contributed by atoms with Crippen LogP contribution in [0.15, 0.2) is 60.9 Å². The molecule has 1 aliphatic rings. The van der Waals surface area contributed by atoms with E-state index in [1.54, 1.807) is 25.3 Å². The van der Waals surface area contributed by atoms with Crippen LogP contribution in [0.5, 0.6) is 0 Å². The smallest absolute Gasteiger partial charge is 0.357 e. The van der Waals surface area contributed by atoms with Crippen LogP contribution < -0.4 is 5.32 Å². The molecule has 1 amide bonds. The van der Waals surface area contributed by atoms with Gasteiger partial charge in [-0.2, -0.15) is 13.2 Å². The topological polar surface area (TPSA) is 105 Å². The summed E-state index contributed by atoms with van der Waals surface area (Å²) in [5, 5.41) is 12.4. The Labute approximate surface area is 227 Å². The highest BCUT2D eigenvalue weighted by molar-refractivity contribution is 5.86. The van der Waals surface area contributed by atoms with Crippen molar-refractivity contribution < 1.29 is 18.0 Å². The van der Waals surface area contributed by atoms with Crippen molar-refractivity contribution in [2.45, 2.75) is 39.0 Å². The lowest BCUT2D eigenvalue weighted by atomic mass is 10.0. The predicted molar refractivity (Wildman–Crippen MR) is 143 cm³/mol. The second-order valence-electron chi connectivity index (χ2n) is 9.86. The third kappa shape index (κ3) is 4.88. The van der Waals surface area contributed by atoms with E-state index >= 15 is 0 Å². The van der Waals surface area contributed by atoms with E-state index in [0.717, 1.165) is 41.5 Å². The van der Waals surface area contributed by atoms with E-state index in [9.17, 15) is 18.0 Å². The Morgan fingerprint density at radius 3 is 2.75 bits per heavy atom. The number of hydrogen-bond donors (Lipinski definition) is 2. The van der Waals surface area contributed by atoms with Gasteiger partial charge in [-0.1, -0.05) is 23.4 Å². The number of aromatic nitrogens is 6. The highest BCUT2D eigenvalue weighted by Gasteiger charge is 2.31. The molecule has 0 saturated heterocycles. The Morgan fingerprint density at radius 1 is 1.10 bits per heavy atom. The Bertz CT molecular complexity index is 1720. The Kier molecular flexibility index (Phi) is 6.24.